The second kappa shape index (κ2) is 7.16. The summed E-state index contributed by atoms with van der Waals surface area (Å²) in [6.07, 6.45) is 4.50. The first-order valence-electron chi connectivity index (χ1n) is 6.47. The molecule has 102 valence electrons. The minimum Gasteiger partial charge on any atom is -0.481 e. The highest BCUT2D eigenvalue weighted by Crippen LogP contribution is 2.11. The lowest BCUT2D eigenvalue weighted by atomic mass is 9.97. The van der Waals surface area contributed by atoms with E-state index in [-0.39, 0.29) is 5.92 Å². The molecule has 0 amide bonds. The van der Waals surface area contributed by atoms with Gasteiger partial charge in [-0.1, -0.05) is 13.8 Å². The maximum Gasteiger partial charge on any atom is 0.307 e. The summed E-state index contributed by atoms with van der Waals surface area (Å²) in [5.74, 6) is -0.637. The van der Waals surface area contributed by atoms with Crippen LogP contribution in [0.2, 0.25) is 0 Å². The Hall–Kier alpha value is -1.36. The monoisotopic (exact) mass is 253 g/mol. The van der Waals surface area contributed by atoms with E-state index < -0.39 is 5.97 Å². The van der Waals surface area contributed by atoms with E-state index in [1.807, 2.05) is 37.8 Å². The van der Waals surface area contributed by atoms with Crippen LogP contribution in [0.1, 0.15) is 32.8 Å². The van der Waals surface area contributed by atoms with E-state index in [4.69, 9.17) is 5.11 Å². The zero-order valence-corrected chi connectivity index (χ0v) is 11.4. The summed E-state index contributed by atoms with van der Waals surface area (Å²) < 4.78 is 1.86. The number of carboxylic acid groups (broad SMARTS) is 1. The summed E-state index contributed by atoms with van der Waals surface area (Å²) in [5.41, 5.74) is 1.09. The fourth-order valence-electron chi connectivity index (χ4n) is 1.90. The molecule has 1 atom stereocenters. The molecule has 5 nitrogen and oxygen atoms in total. The van der Waals surface area contributed by atoms with E-state index in [2.05, 4.69) is 10.4 Å². The Kier molecular flexibility index (Phi) is 5.85. The molecule has 0 aliphatic carbocycles. The Morgan fingerprint density at radius 1 is 1.56 bits per heavy atom. The third-order valence-corrected chi connectivity index (χ3v) is 2.84. The molecule has 0 saturated carbocycles. The lowest BCUT2D eigenvalue weighted by molar-refractivity contribution is -0.142. The van der Waals surface area contributed by atoms with Crippen molar-refractivity contribution in [1.29, 1.82) is 0 Å². The molecule has 0 aliphatic rings. The molecule has 1 unspecified atom stereocenters. The first-order valence-corrected chi connectivity index (χ1v) is 6.47. The summed E-state index contributed by atoms with van der Waals surface area (Å²) in [4.78, 5) is 11.1. The number of aromatic nitrogens is 2. The number of nitrogens with one attached hydrogen (secondary N) is 1. The minimum absolute atomic E-state index is 0.314. The second-order valence-electron chi connectivity index (χ2n) is 5.00. The number of rotatable bonds is 8. The van der Waals surface area contributed by atoms with Crippen molar-refractivity contribution >= 4 is 5.97 Å². The maximum absolute atomic E-state index is 11.1. The normalized spacial score (nSPS) is 12.9. The SMILES string of the molecule is CCn1cc(CNCC(CC(C)C)C(=O)O)cn1. The first kappa shape index (κ1) is 14.7. The summed E-state index contributed by atoms with van der Waals surface area (Å²) in [7, 11) is 0. The average Bonchev–Trinajstić information content (AvgIpc) is 2.75. The van der Waals surface area contributed by atoms with Gasteiger partial charge in [0.1, 0.15) is 0 Å². The zero-order valence-electron chi connectivity index (χ0n) is 11.4. The molecule has 0 aliphatic heterocycles. The molecular weight excluding hydrogens is 230 g/mol. The molecule has 1 aromatic heterocycles. The van der Waals surface area contributed by atoms with Crippen LogP contribution in [0.3, 0.4) is 0 Å². The van der Waals surface area contributed by atoms with Crippen LogP contribution in [-0.2, 0) is 17.9 Å². The van der Waals surface area contributed by atoms with Gasteiger partial charge in [0, 0.05) is 31.4 Å². The third-order valence-electron chi connectivity index (χ3n) is 2.84. The molecule has 18 heavy (non-hydrogen) atoms. The smallest absolute Gasteiger partial charge is 0.307 e. The van der Waals surface area contributed by atoms with Crippen LogP contribution < -0.4 is 5.32 Å². The van der Waals surface area contributed by atoms with Crippen molar-refractivity contribution in [3.63, 3.8) is 0 Å². The predicted octanol–water partition coefficient (Wildman–Crippen LogP) is 1.74. The number of aliphatic carboxylic acids is 1. The predicted molar refractivity (Wildman–Crippen MR) is 70.2 cm³/mol. The minimum atomic E-state index is -0.722. The highest BCUT2D eigenvalue weighted by atomic mass is 16.4. The molecule has 5 heteroatoms. The topological polar surface area (TPSA) is 67.2 Å². The van der Waals surface area contributed by atoms with Crippen molar-refractivity contribution in [3.8, 4) is 0 Å². The van der Waals surface area contributed by atoms with Gasteiger partial charge >= 0.3 is 5.97 Å². The fourth-order valence-corrected chi connectivity index (χ4v) is 1.90. The molecule has 0 bridgehead atoms. The van der Waals surface area contributed by atoms with E-state index in [9.17, 15) is 4.79 Å². The Balaban J connectivity index is 2.36. The summed E-state index contributed by atoms with van der Waals surface area (Å²) in [6, 6.07) is 0. The number of carbonyl (C=O) groups is 1. The maximum atomic E-state index is 11.1. The molecule has 0 aromatic carbocycles. The van der Waals surface area contributed by atoms with Crippen LogP contribution in [0.5, 0.6) is 0 Å². The molecule has 2 N–H and O–H groups in total. The molecule has 1 heterocycles. The van der Waals surface area contributed by atoms with Crippen molar-refractivity contribution < 1.29 is 9.90 Å². The van der Waals surface area contributed by atoms with E-state index in [0.717, 1.165) is 12.1 Å². The first-order chi connectivity index (χ1) is 8.52. The van der Waals surface area contributed by atoms with Gasteiger partial charge in [0.25, 0.3) is 0 Å². The van der Waals surface area contributed by atoms with Gasteiger partial charge in [-0.05, 0) is 19.3 Å². The molecule has 1 aromatic rings. The number of hydrogen-bond acceptors (Lipinski definition) is 3. The number of hydrogen-bond donors (Lipinski definition) is 2. The summed E-state index contributed by atoms with van der Waals surface area (Å²) in [5, 5.41) is 16.5. The van der Waals surface area contributed by atoms with E-state index in [1.165, 1.54) is 0 Å². The van der Waals surface area contributed by atoms with Gasteiger partial charge in [-0.25, -0.2) is 0 Å². The molecule has 1 rings (SSSR count). The largest absolute Gasteiger partial charge is 0.481 e. The summed E-state index contributed by atoms with van der Waals surface area (Å²) in [6.45, 7) is 8.15. The van der Waals surface area contributed by atoms with E-state index in [1.54, 1.807) is 0 Å². The van der Waals surface area contributed by atoms with Crippen molar-refractivity contribution in [3.05, 3.63) is 18.0 Å². The summed E-state index contributed by atoms with van der Waals surface area (Å²) >= 11 is 0. The Labute approximate surface area is 108 Å². The third kappa shape index (κ3) is 4.87. The highest BCUT2D eigenvalue weighted by molar-refractivity contribution is 5.70. The van der Waals surface area contributed by atoms with Gasteiger partial charge in [0.05, 0.1) is 12.1 Å². The Morgan fingerprint density at radius 2 is 2.28 bits per heavy atom. The van der Waals surface area contributed by atoms with Gasteiger partial charge in [-0.15, -0.1) is 0 Å². The van der Waals surface area contributed by atoms with Crippen molar-refractivity contribution in [2.45, 2.75) is 40.3 Å². The molecule has 0 saturated heterocycles. The van der Waals surface area contributed by atoms with Gasteiger partial charge in [-0.3, -0.25) is 9.48 Å². The standard InChI is InChI=1S/C13H23N3O2/c1-4-16-9-11(7-15-16)6-14-8-12(13(17)18)5-10(2)3/h7,9-10,12,14H,4-6,8H2,1-3H3,(H,17,18). The number of carboxylic acids is 1. The molecule has 0 spiro atoms. The average molecular weight is 253 g/mol. The Morgan fingerprint density at radius 3 is 2.78 bits per heavy atom. The van der Waals surface area contributed by atoms with Gasteiger partial charge < -0.3 is 10.4 Å². The molecule has 0 fully saturated rings. The van der Waals surface area contributed by atoms with Crippen LogP contribution in [0.25, 0.3) is 0 Å². The highest BCUT2D eigenvalue weighted by Gasteiger charge is 2.18. The Bertz CT molecular complexity index is 374. The van der Waals surface area contributed by atoms with Gasteiger partial charge in [0.2, 0.25) is 0 Å². The molecular formula is C13H23N3O2. The van der Waals surface area contributed by atoms with Crippen LogP contribution in [-0.4, -0.2) is 27.4 Å². The van der Waals surface area contributed by atoms with Crippen molar-refractivity contribution in [2.24, 2.45) is 11.8 Å². The van der Waals surface area contributed by atoms with Gasteiger partial charge in [-0.2, -0.15) is 5.10 Å². The number of nitrogens with zero attached hydrogens (tertiary/aromatic N) is 2. The quantitative estimate of drug-likeness (QED) is 0.740. The number of aryl methyl sites for hydroxylation is 1. The zero-order chi connectivity index (χ0) is 13.5. The fraction of sp³-hybridized carbons (Fsp3) is 0.692. The lowest BCUT2D eigenvalue weighted by Crippen LogP contribution is -2.29. The van der Waals surface area contributed by atoms with Gasteiger partial charge in [0.15, 0.2) is 0 Å². The second-order valence-corrected chi connectivity index (χ2v) is 5.00. The van der Waals surface area contributed by atoms with Crippen molar-refractivity contribution in [2.75, 3.05) is 6.54 Å². The van der Waals surface area contributed by atoms with Crippen LogP contribution in [0.4, 0.5) is 0 Å². The van der Waals surface area contributed by atoms with Crippen LogP contribution in [0, 0.1) is 11.8 Å². The van der Waals surface area contributed by atoms with Crippen LogP contribution >= 0.6 is 0 Å². The van der Waals surface area contributed by atoms with Crippen LogP contribution in [0.15, 0.2) is 12.4 Å². The molecule has 0 radical (unpaired) electrons. The lowest BCUT2D eigenvalue weighted by Gasteiger charge is -2.14. The van der Waals surface area contributed by atoms with E-state index in [0.29, 0.717) is 25.4 Å². The van der Waals surface area contributed by atoms with Crippen molar-refractivity contribution in [1.82, 2.24) is 15.1 Å². The van der Waals surface area contributed by atoms with E-state index >= 15 is 0 Å².